The zero-order valence-electron chi connectivity index (χ0n) is 18.6. The zero-order valence-corrected chi connectivity index (χ0v) is 19.4. The van der Waals surface area contributed by atoms with Crippen molar-refractivity contribution in [3.05, 3.63) is 45.7 Å². The lowest BCUT2D eigenvalue weighted by Crippen LogP contribution is -2.53. The summed E-state index contributed by atoms with van der Waals surface area (Å²) in [5, 5.41) is 17.4. The Labute approximate surface area is 198 Å². The number of carboxylic acid groups (broad SMARTS) is 1. The van der Waals surface area contributed by atoms with Crippen LogP contribution in [0.1, 0.15) is 23.7 Å². The van der Waals surface area contributed by atoms with Crippen LogP contribution in [0.5, 0.6) is 5.75 Å². The number of aromatic carboxylic acids is 1. The van der Waals surface area contributed by atoms with E-state index in [2.05, 4.69) is 15.2 Å². The minimum atomic E-state index is -1.34. The molecule has 11 nitrogen and oxygen atoms in total. The van der Waals surface area contributed by atoms with E-state index < -0.39 is 29.2 Å². The first-order chi connectivity index (χ1) is 16.4. The molecule has 1 aromatic carbocycles. The lowest BCUT2D eigenvalue weighted by molar-refractivity contribution is -0.152. The second kappa shape index (κ2) is 8.52. The first-order valence-electron chi connectivity index (χ1n) is 10.8. The van der Waals surface area contributed by atoms with Gasteiger partial charge in [0.2, 0.25) is 5.43 Å². The lowest BCUT2D eigenvalue weighted by Gasteiger charge is -2.37. The minimum absolute atomic E-state index is 0.164. The fourth-order valence-corrected chi connectivity index (χ4v) is 5.02. The molecule has 2 N–H and O–H groups in total. The number of benzene rings is 1. The smallest absolute Gasteiger partial charge is 0.370 e. The Morgan fingerprint density at radius 3 is 2.91 bits per heavy atom. The van der Waals surface area contributed by atoms with Crippen LogP contribution in [0.15, 0.2) is 34.7 Å². The van der Waals surface area contributed by atoms with Gasteiger partial charge in [0.1, 0.15) is 11.1 Å². The summed E-state index contributed by atoms with van der Waals surface area (Å²) >= 11 is 1.53. The lowest BCUT2D eigenvalue weighted by atomic mass is 10.1. The van der Waals surface area contributed by atoms with Crippen LogP contribution in [0.3, 0.4) is 0 Å². The Hall–Kier alpha value is -3.80. The largest absolute Gasteiger partial charge is 0.477 e. The standard InChI is InChI=1S/C22H23N5O6S/c1-3-32-21(31)19-25(2)27-11-14(20(29)30)17(28)13-4-5-15(18(33-19)16(13)27)26-8-6-12(10-26)24-22-23-7-9-34-22/h4-5,7,9,11-12,19H,3,6,8,10H2,1-2H3,(H,23,24)(H,29,30)/t12-,19?/m1/s1. The third-order valence-corrected chi connectivity index (χ3v) is 6.70. The van der Waals surface area contributed by atoms with Gasteiger partial charge in [0, 0.05) is 44.0 Å². The molecule has 178 valence electrons. The normalized spacial score (nSPS) is 19.2. The van der Waals surface area contributed by atoms with Crippen molar-refractivity contribution in [3.63, 3.8) is 0 Å². The molecule has 0 bridgehead atoms. The number of nitrogens with one attached hydrogen (secondary N) is 1. The SMILES string of the molecule is CCOC(=O)C1Oc2c(N3CC[C@@H](Nc4nccs4)C3)ccc3c(=O)c(C(=O)O)cn(c23)N1C. The molecule has 2 aliphatic heterocycles. The van der Waals surface area contributed by atoms with Crippen LogP contribution in [-0.4, -0.2) is 65.7 Å². The summed E-state index contributed by atoms with van der Waals surface area (Å²) < 4.78 is 12.8. The van der Waals surface area contributed by atoms with Crippen LogP contribution in [0.2, 0.25) is 0 Å². The number of likely N-dealkylation sites (N-methyl/N-ethyl adjacent to an activating group) is 1. The van der Waals surface area contributed by atoms with Crippen molar-refractivity contribution in [2.75, 3.05) is 42.0 Å². The molecule has 0 aliphatic carbocycles. The number of thiazole rings is 1. The molecule has 2 atom stereocenters. The molecule has 0 spiro atoms. The molecule has 0 amide bonds. The van der Waals surface area contributed by atoms with Gasteiger partial charge in [-0.1, -0.05) is 0 Å². The molecular weight excluding hydrogens is 462 g/mol. The van der Waals surface area contributed by atoms with Gasteiger partial charge in [0.15, 0.2) is 10.9 Å². The molecule has 12 heteroatoms. The van der Waals surface area contributed by atoms with Crippen molar-refractivity contribution in [2.45, 2.75) is 25.6 Å². The van der Waals surface area contributed by atoms with E-state index in [1.807, 2.05) is 5.38 Å². The highest BCUT2D eigenvalue weighted by Crippen LogP contribution is 2.40. The predicted octanol–water partition coefficient (Wildman–Crippen LogP) is 1.70. The second-order valence-corrected chi connectivity index (χ2v) is 8.94. The van der Waals surface area contributed by atoms with Crippen molar-refractivity contribution in [3.8, 4) is 5.75 Å². The monoisotopic (exact) mass is 485 g/mol. The Morgan fingerprint density at radius 1 is 1.38 bits per heavy atom. The molecule has 0 saturated carbocycles. The molecular formula is C22H23N5O6S. The van der Waals surface area contributed by atoms with E-state index >= 15 is 0 Å². The van der Waals surface area contributed by atoms with Crippen molar-refractivity contribution in [1.82, 2.24) is 9.66 Å². The van der Waals surface area contributed by atoms with Crippen LogP contribution in [0, 0.1) is 0 Å². The van der Waals surface area contributed by atoms with Gasteiger partial charge in [-0.25, -0.2) is 14.6 Å². The number of carbonyl (C=O) groups excluding carboxylic acids is 1. The van der Waals surface area contributed by atoms with Crippen molar-refractivity contribution < 1.29 is 24.2 Å². The van der Waals surface area contributed by atoms with E-state index in [0.29, 0.717) is 17.8 Å². The molecule has 3 aromatic rings. The summed E-state index contributed by atoms with van der Waals surface area (Å²) in [6.45, 7) is 3.25. The topological polar surface area (TPSA) is 126 Å². The fourth-order valence-electron chi connectivity index (χ4n) is 4.41. The summed E-state index contributed by atoms with van der Waals surface area (Å²) in [6, 6.07) is 3.52. The Bertz CT molecular complexity index is 1320. The molecule has 1 fully saturated rings. The Balaban J connectivity index is 1.60. The third kappa shape index (κ3) is 3.59. The highest BCUT2D eigenvalue weighted by atomic mass is 32.1. The maximum Gasteiger partial charge on any atom is 0.370 e. The van der Waals surface area contributed by atoms with Crippen LogP contribution in [0.4, 0.5) is 10.8 Å². The Morgan fingerprint density at radius 2 is 2.21 bits per heavy atom. The molecule has 34 heavy (non-hydrogen) atoms. The Kier molecular flexibility index (Phi) is 5.52. The second-order valence-electron chi connectivity index (χ2n) is 8.04. The number of esters is 1. The maximum absolute atomic E-state index is 12.9. The number of carbonyl (C=O) groups is 2. The van der Waals surface area contributed by atoms with Crippen molar-refractivity contribution in [2.24, 2.45) is 0 Å². The van der Waals surface area contributed by atoms with E-state index in [-0.39, 0.29) is 18.0 Å². The number of hydrogen-bond acceptors (Lipinski definition) is 10. The molecule has 1 unspecified atom stereocenters. The first-order valence-corrected chi connectivity index (χ1v) is 11.7. The third-order valence-electron chi connectivity index (χ3n) is 6.00. The van der Waals surface area contributed by atoms with Crippen molar-refractivity contribution >= 4 is 45.0 Å². The van der Waals surface area contributed by atoms with Crippen LogP contribution >= 0.6 is 11.3 Å². The van der Waals surface area contributed by atoms with Gasteiger partial charge in [0.25, 0.3) is 6.23 Å². The molecule has 1 saturated heterocycles. The number of pyridine rings is 1. The number of carboxylic acids is 1. The van der Waals surface area contributed by atoms with Gasteiger partial charge in [-0.15, -0.1) is 11.3 Å². The highest BCUT2D eigenvalue weighted by Gasteiger charge is 2.37. The van der Waals surface area contributed by atoms with Gasteiger partial charge in [0.05, 0.1) is 17.7 Å². The van der Waals surface area contributed by atoms with Crippen LogP contribution in [-0.2, 0) is 9.53 Å². The van der Waals surface area contributed by atoms with Gasteiger partial charge in [-0.2, -0.15) is 0 Å². The number of ether oxygens (including phenoxy) is 2. The van der Waals surface area contributed by atoms with Crippen LogP contribution < -0.4 is 25.4 Å². The van der Waals surface area contributed by atoms with Crippen molar-refractivity contribution in [1.29, 1.82) is 0 Å². The highest BCUT2D eigenvalue weighted by molar-refractivity contribution is 7.13. The van der Waals surface area contributed by atoms with E-state index in [1.54, 1.807) is 32.3 Å². The molecule has 5 rings (SSSR count). The molecule has 2 aliphatic rings. The average Bonchev–Trinajstić information content (AvgIpc) is 3.49. The first kappa shape index (κ1) is 22.0. The van der Waals surface area contributed by atoms with Gasteiger partial charge in [-0.3, -0.25) is 14.5 Å². The van der Waals surface area contributed by atoms with Gasteiger partial charge >= 0.3 is 11.9 Å². The fraction of sp³-hybridized carbons (Fsp3) is 0.364. The molecule has 0 radical (unpaired) electrons. The predicted molar refractivity (Wildman–Crippen MR) is 127 cm³/mol. The number of rotatable bonds is 6. The quantitative estimate of drug-likeness (QED) is 0.498. The van der Waals surface area contributed by atoms with Gasteiger partial charge < -0.3 is 24.8 Å². The van der Waals surface area contributed by atoms with E-state index in [9.17, 15) is 19.5 Å². The van der Waals surface area contributed by atoms with E-state index in [1.165, 1.54) is 27.2 Å². The summed E-state index contributed by atoms with van der Waals surface area (Å²) in [5.41, 5.74) is 0.126. The number of anilines is 2. The average molecular weight is 486 g/mol. The summed E-state index contributed by atoms with van der Waals surface area (Å²) in [4.78, 5) is 43.7. The molecule has 4 heterocycles. The summed E-state index contributed by atoms with van der Waals surface area (Å²) in [7, 11) is 1.58. The molecule has 2 aromatic heterocycles. The maximum atomic E-state index is 12.9. The number of aromatic nitrogens is 2. The van der Waals surface area contributed by atoms with E-state index in [4.69, 9.17) is 9.47 Å². The summed E-state index contributed by atoms with van der Waals surface area (Å²) in [6.07, 6.45) is 2.69. The number of hydrogen-bond donors (Lipinski definition) is 2. The van der Waals surface area contributed by atoms with E-state index in [0.717, 1.165) is 23.8 Å². The minimum Gasteiger partial charge on any atom is -0.477 e. The van der Waals surface area contributed by atoms with Gasteiger partial charge in [-0.05, 0) is 25.5 Å². The number of nitrogens with zero attached hydrogens (tertiary/aromatic N) is 4. The van der Waals surface area contributed by atoms with Crippen LogP contribution in [0.25, 0.3) is 10.9 Å². The summed E-state index contributed by atoms with van der Waals surface area (Å²) in [5.74, 6) is -1.61. The zero-order chi connectivity index (χ0) is 24.0.